The first-order chi connectivity index (χ1) is 9.80. The SMILES string of the molecule is C[C@H]1CCC[C@H](NC(=O)c2ccc(S(=O)(=O)N(C)C)o2)C1. The molecule has 0 spiro atoms. The molecule has 1 aliphatic rings. The Kier molecular flexibility index (Phi) is 4.73. The van der Waals surface area contributed by atoms with Crippen molar-refractivity contribution < 1.29 is 17.6 Å². The van der Waals surface area contributed by atoms with E-state index >= 15 is 0 Å². The highest BCUT2D eigenvalue weighted by Crippen LogP contribution is 2.24. The summed E-state index contributed by atoms with van der Waals surface area (Å²) < 4.78 is 30.1. The first kappa shape index (κ1) is 16.0. The van der Waals surface area contributed by atoms with Crippen molar-refractivity contribution >= 4 is 15.9 Å². The van der Waals surface area contributed by atoms with E-state index < -0.39 is 10.0 Å². The van der Waals surface area contributed by atoms with Gasteiger partial charge < -0.3 is 9.73 Å². The number of amides is 1. The summed E-state index contributed by atoms with van der Waals surface area (Å²) in [4.78, 5) is 12.1. The van der Waals surface area contributed by atoms with Crippen molar-refractivity contribution in [3.05, 3.63) is 17.9 Å². The third-order valence-corrected chi connectivity index (χ3v) is 5.50. The summed E-state index contributed by atoms with van der Waals surface area (Å²) >= 11 is 0. The summed E-state index contributed by atoms with van der Waals surface area (Å²) in [6.07, 6.45) is 4.21. The minimum Gasteiger partial charge on any atom is -0.438 e. The lowest BCUT2D eigenvalue weighted by molar-refractivity contribution is 0.0887. The normalized spacial score (nSPS) is 23.2. The second kappa shape index (κ2) is 6.19. The van der Waals surface area contributed by atoms with Crippen LogP contribution < -0.4 is 5.32 Å². The molecule has 0 radical (unpaired) electrons. The van der Waals surface area contributed by atoms with Gasteiger partial charge in [-0.3, -0.25) is 4.79 Å². The first-order valence-electron chi connectivity index (χ1n) is 7.14. The van der Waals surface area contributed by atoms with Crippen LogP contribution >= 0.6 is 0 Å². The van der Waals surface area contributed by atoms with Crippen LogP contribution in [0.2, 0.25) is 0 Å². The highest BCUT2D eigenvalue weighted by molar-refractivity contribution is 7.88. The van der Waals surface area contributed by atoms with Crippen LogP contribution in [-0.4, -0.2) is 38.8 Å². The summed E-state index contributed by atoms with van der Waals surface area (Å²) in [5, 5.41) is 2.71. The number of furan rings is 1. The molecule has 21 heavy (non-hydrogen) atoms. The van der Waals surface area contributed by atoms with E-state index in [4.69, 9.17) is 4.42 Å². The lowest BCUT2D eigenvalue weighted by Gasteiger charge is -2.27. The van der Waals surface area contributed by atoms with E-state index in [-0.39, 0.29) is 22.8 Å². The van der Waals surface area contributed by atoms with E-state index in [0.29, 0.717) is 5.92 Å². The molecule has 1 aromatic rings. The molecule has 1 fully saturated rings. The topological polar surface area (TPSA) is 79.6 Å². The Hall–Kier alpha value is -1.34. The Bertz CT molecular complexity index is 606. The highest BCUT2D eigenvalue weighted by Gasteiger charge is 2.25. The zero-order chi connectivity index (χ0) is 15.6. The lowest BCUT2D eigenvalue weighted by Crippen LogP contribution is -2.37. The van der Waals surface area contributed by atoms with Crippen molar-refractivity contribution in [3.63, 3.8) is 0 Å². The molecule has 1 aromatic heterocycles. The minimum atomic E-state index is -3.64. The standard InChI is InChI=1S/C14H22N2O4S/c1-10-5-4-6-11(9-10)15-14(17)12-7-8-13(20-12)21(18,19)16(2)3/h7-8,10-11H,4-6,9H2,1-3H3,(H,15,17)/t10-,11-/m0/s1. The van der Waals surface area contributed by atoms with Crippen LogP contribution in [-0.2, 0) is 10.0 Å². The smallest absolute Gasteiger partial charge is 0.287 e. The Morgan fingerprint density at radius 1 is 1.33 bits per heavy atom. The first-order valence-corrected chi connectivity index (χ1v) is 8.58. The van der Waals surface area contributed by atoms with Crippen molar-refractivity contribution in [2.75, 3.05) is 14.1 Å². The van der Waals surface area contributed by atoms with Gasteiger partial charge in [0.05, 0.1) is 0 Å². The molecular formula is C14H22N2O4S. The zero-order valence-electron chi connectivity index (χ0n) is 12.6. The van der Waals surface area contributed by atoms with Gasteiger partial charge in [-0.05, 0) is 30.9 Å². The second-order valence-electron chi connectivity index (χ2n) is 5.85. The number of nitrogens with zero attached hydrogens (tertiary/aromatic N) is 1. The average Bonchev–Trinajstić information content (AvgIpc) is 2.88. The molecule has 1 amide bonds. The van der Waals surface area contributed by atoms with E-state index in [1.807, 2.05) is 0 Å². The summed E-state index contributed by atoms with van der Waals surface area (Å²) in [6, 6.07) is 2.85. The molecule has 1 N–H and O–H groups in total. The Balaban J connectivity index is 2.06. The molecule has 1 saturated carbocycles. The molecule has 2 atom stereocenters. The molecule has 1 aliphatic carbocycles. The van der Waals surface area contributed by atoms with Gasteiger partial charge in [0, 0.05) is 20.1 Å². The van der Waals surface area contributed by atoms with Crippen molar-refractivity contribution in [1.29, 1.82) is 0 Å². The van der Waals surface area contributed by atoms with Gasteiger partial charge in [0.15, 0.2) is 5.76 Å². The second-order valence-corrected chi connectivity index (χ2v) is 7.93. The largest absolute Gasteiger partial charge is 0.438 e. The molecule has 6 nitrogen and oxygen atoms in total. The van der Waals surface area contributed by atoms with Gasteiger partial charge in [-0.25, -0.2) is 12.7 Å². The van der Waals surface area contributed by atoms with E-state index in [1.54, 1.807) is 0 Å². The molecule has 118 valence electrons. The average molecular weight is 314 g/mol. The molecule has 0 saturated heterocycles. The quantitative estimate of drug-likeness (QED) is 0.919. The predicted octanol–water partition coefficient (Wildman–Crippen LogP) is 1.84. The molecule has 0 unspecified atom stereocenters. The van der Waals surface area contributed by atoms with E-state index in [1.165, 1.54) is 32.6 Å². The van der Waals surface area contributed by atoms with Crippen LogP contribution in [0.25, 0.3) is 0 Å². The summed E-state index contributed by atoms with van der Waals surface area (Å²) in [7, 11) is -0.809. The van der Waals surface area contributed by atoms with Crippen molar-refractivity contribution in [1.82, 2.24) is 9.62 Å². The van der Waals surface area contributed by atoms with Crippen LogP contribution in [0.1, 0.15) is 43.2 Å². The maximum absolute atomic E-state index is 12.1. The van der Waals surface area contributed by atoms with E-state index in [9.17, 15) is 13.2 Å². The van der Waals surface area contributed by atoms with Gasteiger partial charge in [-0.1, -0.05) is 19.8 Å². The highest BCUT2D eigenvalue weighted by atomic mass is 32.2. The molecular weight excluding hydrogens is 292 g/mol. The van der Waals surface area contributed by atoms with Gasteiger partial charge in [0.25, 0.3) is 15.9 Å². The van der Waals surface area contributed by atoms with Gasteiger partial charge in [-0.2, -0.15) is 0 Å². The molecule has 1 heterocycles. The number of hydrogen-bond acceptors (Lipinski definition) is 4. The van der Waals surface area contributed by atoms with Gasteiger partial charge in [0.2, 0.25) is 5.09 Å². The third kappa shape index (κ3) is 3.65. The van der Waals surface area contributed by atoms with Gasteiger partial charge >= 0.3 is 0 Å². The predicted molar refractivity (Wildman–Crippen MR) is 78.5 cm³/mol. The molecule has 0 bridgehead atoms. The molecule has 0 aromatic carbocycles. The lowest BCUT2D eigenvalue weighted by atomic mass is 9.87. The fourth-order valence-electron chi connectivity index (χ4n) is 2.58. The number of carbonyl (C=O) groups excluding carboxylic acids is 1. The summed E-state index contributed by atoms with van der Waals surface area (Å²) in [5.41, 5.74) is 0. The van der Waals surface area contributed by atoms with Crippen LogP contribution in [0.4, 0.5) is 0 Å². The molecule has 0 aliphatic heterocycles. The number of hydrogen-bond donors (Lipinski definition) is 1. The van der Waals surface area contributed by atoms with E-state index in [0.717, 1.165) is 23.6 Å². The number of carbonyl (C=O) groups is 1. The Morgan fingerprint density at radius 2 is 2.05 bits per heavy atom. The van der Waals surface area contributed by atoms with Crippen molar-refractivity contribution in [2.45, 2.75) is 43.7 Å². The summed E-state index contributed by atoms with van der Waals surface area (Å²) in [5.74, 6) is 0.285. The van der Waals surface area contributed by atoms with Gasteiger partial charge in [-0.15, -0.1) is 0 Å². The van der Waals surface area contributed by atoms with Crippen LogP contribution in [0.5, 0.6) is 0 Å². The third-order valence-electron chi connectivity index (χ3n) is 3.81. The number of sulfonamides is 1. The maximum atomic E-state index is 12.1. The monoisotopic (exact) mass is 314 g/mol. The van der Waals surface area contributed by atoms with Crippen molar-refractivity contribution in [2.24, 2.45) is 5.92 Å². The minimum absolute atomic E-state index is 0.0358. The number of nitrogens with one attached hydrogen (secondary N) is 1. The molecule has 2 rings (SSSR count). The van der Waals surface area contributed by atoms with Crippen LogP contribution in [0, 0.1) is 5.92 Å². The van der Waals surface area contributed by atoms with Gasteiger partial charge in [0.1, 0.15) is 0 Å². The Labute approximate surface area is 125 Å². The summed E-state index contributed by atoms with van der Waals surface area (Å²) in [6.45, 7) is 2.17. The van der Waals surface area contributed by atoms with Crippen LogP contribution in [0.15, 0.2) is 21.6 Å². The molecule has 7 heteroatoms. The maximum Gasteiger partial charge on any atom is 0.287 e. The zero-order valence-corrected chi connectivity index (χ0v) is 13.4. The Morgan fingerprint density at radius 3 is 2.67 bits per heavy atom. The number of rotatable bonds is 4. The van der Waals surface area contributed by atoms with Crippen LogP contribution in [0.3, 0.4) is 0 Å². The fourth-order valence-corrected chi connectivity index (χ4v) is 3.38. The fraction of sp³-hybridized carbons (Fsp3) is 0.643. The van der Waals surface area contributed by atoms with Crippen molar-refractivity contribution in [3.8, 4) is 0 Å². The van der Waals surface area contributed by atoms with E-state index in [2.05, 4.69) is 12.2 Å².